The maximum Gasteiger partial charge on any atom is 0.328 e. The molecule has 1 aromatic rings. The molecule has 5 amide bonds. The minimum absolute atomic E-state index is 0.0500. The lowest BCUT2D eigenvalue weighted by atomic mass is 9.94. The fourth-order valence-electron chi connectivity index (χ4n) is 3.67. The van der Waals surface area contributed by atoms with Gasteiger partial charge in [0.25, 0.3) is 11.8 Å². The number of carbonyl (C=O) groups is 4. The molecule has 3 N–H and O–H groups in total. The minimum Gasteiger partial charge on any atom is -0.330 e. The summed E-state index contributed by atoms with van der Waals surface area (Å²) in [7, 11) is 0. The number of nitrogens with zero attached hydrogens (tertiary/aromatic N) is 2. The molecule has 1 aromatic carbocycles. The van der Waals surface area contributed by atoms with Gasteiger partial charge in [0.05, 0.1) is 11.1 Å². The van der Waals surface area contributed by atoms with Gasteiger partial charge in [-0.05, 0) is 44.0 Å². The van der Waals surface area contributed by atoms with Crippen LogP contribution in [0.15, 0.2) is 18.2 Å². The highest BCUT2D eigenvalue weighted by Crippen LogP contribution is 2.32. The van der Waals surface area contributed by atoms with E-state index in [1.165, 1.54) is 11.0 Å². The third kappa shape index (κ3) is 3.85. The van der Waals surface area contributed by atoms with E-state index in [1.54, 1.807) is 12.1 Å². The first-order chi connectivity index (χ1) is 13.1. The van der Waals surface area contributed by atoms with Gasteiger partial charge in [-0.3, -0.25) is 24.2 Å². The number of amides is 5. The summed E-state index contributed by atoms with van der Waals surface area (Å²) in [6.45, 7) is 0.577. The van der Waals surface area contributed by atoms with Crippen LogP contribution >= 0.6 is 0 Å². The van der Waals surface area contributed by atoms with Crippen LogP contribution in [-0.4, -0.2) is 53.2 Å². The maximum absolute atomic E-state index is 12.8. The molecule has 0 spiro atoms. The second-order valence-corrected chi connectivity index (χ2v) is 6.90. The van der Waals surface area contributed by atoms with Crippen molar-refractivity contribution < 1.29 is 19.2 Å². The van der Waals surface area contributed by atoms with Crippen molar-refractivity contribution >= 4 is 29.9 Å². The number of rotatable bonds is 6. The van der Waals surface area contributed by atoms with Gasteiger partial charge in [-0.25, -0.2) is 4.79 Å². The van der Waals surface area contributed by atoms with Crippen LogP contribution in [-0.2, 0) is 4.79 Å². The van der Waals surface area contributed by atoms with Crippen LogP contribution in [0.2, 0.25) is 0 Å². The van der Waals surface area contributed by atoms with E-state index in [0.717, 1.165) is 37.0 Å². The fourth-order valence-corrected chi connectivity index (χ4v) is 3.67. The van der Waals surface area contributed by atoms with Crippen molar-refractivity contribution in [3.05, 3.63) is 29.3 Å². The van der Waals surface area contributed by atoms with Gasteiger partial charge < -0.3 is 11.1 Å². The minimum atomic E-state index is -0.598. The molecule has 27 heavy (non-hydrogen) atoms. The highest BCUT2D eigenvalue weighted by atomic mass is 16.2. The van der Waals surface area contributed by atoms with Gasteiger partial charge in [0, 0.05) is 18.3 Å². The van der Waals surface area contributed by atoms with Gasteiger partial charge in [0.15, 0.2) is 0 Å². The monoisotopic (exact) mass is 372 g/mol. The first kappa shape index (κ1) is 19.0. The SMILES string of the molecule is NCCCN(C=O)C(=O)Nc1ccc2c(c1)C(=O)N(C1CCCCC1)C2=O. The molecule has 1 heterocycles. The van der Waals surface area contributed by atoms with Crippen LogP contribution < -0.4 is 11.1 Å². The first-order valence-electron chi connectivity index (χ1n) is 9.31. The van der Waals surface area contributed by atoms with Gasteiger partial charge in [-0.15, -0.1) is 0 Å². The average Bonchev–Trinajstić information content (AvgIpc) is 2.93. The molecule has 3 rings (SSSR count). The standard InChI is InChI=1S/C19H24N4O4/c20-9-4-10-22(12-24)19(27)21-13-7-8-15-16(11-13)18(26)23(17(15)25)14-5-2-1-3-6-14/h7-8,11-12,14H,1-6,9-10,20H2,(H,21,27). The Morgan fingerprint density at radius 2 is 1.89 bits per heavy atom. The van der Waals surface area contributed by atoms with E-state index in [-0.39, 0.29) is 24.4 Å². The zero-order valence-electron chi connectivity index (χ0n) is 15.1. The molecule has 0 radical (unpaired) electrons. The lowest BCUT2D eigenvalue weighted by Gasteiger charge is -2.29. The molecule has 0 aromatic heterocycles. The first-order valence-corrected chi connectivity index (χ1v) is 9.31. The Balaban J connectivity index is 1.75. The Hall–Kier alpha value is -2.74. The van der Waals surface area contributed by atoms with E-state index in [9.17, 15) is 19.2 Å². The molecule has 2 aliphatic rings. The Labute approximate surface area is 157 Å². The van der Waals surface area contributed by atoms with Crippen LogP contribution in [0.3, 0.4) is 0 Å². The van der Waals surface area contributed by atoms with Crippen molar-refractivity contribution in [3.63, 3.8) is 0 Å². The summed E-state index contributed by atoms with van der Waals surface area (Å²) in [4.78, 5) is 51.1. The van der Waals surface area contributed by atoms with Gasteiger partial charge in [0.2, 0.25) is 6.41 Å². The van der Waals surface area contributed by atoms with Crippen molar-refractivity contribution in [1.82, 2.24) is 9.80 Å². The Bertz CT molecular complexity index is 758. The van der Waals surface area contributed by atoms with Crippen molar-refractivity contribution in [2.75, 3.05) is 18.4 Å². The normalized spacial score (nSPS) is 17.0. The van der Waals surface area contributed by atoms with Crippen LogP contribution in [0, 0.1) is 0 Å². The van der Waals surface area contributed by atoms with Gasteiger partial charge >= 0.3 is 6.03 Å². The molecule has 8 nitrogen and oxygen atoms in total. The predicted octanol–water partition coefficient (Wildman–Crippen LogP) is 1.95. The molecule has 0 bridgehead atoms. The molecule has 1 aliphatic carbocycles. The third-order valence-electron chi connectivity index (χ3n) is 5.10. The van der Waals surface area contributed by atoms with Crippen molar-refractivity contribution in [2.24, 2.45) is 5.73 Å². The highest BCUT2D eigenvalue weighted by molar-refractivity contribution is 6.22. The summed E-state index contributed by atoms with van der Waals surface area (Å²) in [5.74, 6) is -0.578. The summed E-state index contributed by atoms with van der Waals surface area (Å²) in [5.41, 5.74) is 6.42. The van der Waals surface area contributed by atoms with Crippen LogP contribution in [0.4, 0.5) is 10.5 Å². The second kappa shape index (κ2) is 8.30. The number of urea groups is 1. The van der Waals surface area contributed by atoms with E-state index in [0.29, 0.717) is 36.2 Å². The van der Waals surface area contributed by atoms with E-state index < -0.39 is 6.03 Å². The number of imide groups is 2. The highest BCUT2D eigenvalue weighted by Gasteiger charge is 2.40. The van der Waals surface area contributed by atoms with E-state index in [1.807, 2.05) is 0 Å². The van der Waals surface area contributed by atoms with Gasteiger partial charge in [-0.1, -0.05) is 19.3 Å². The maximum atomic E-state index is 12.8. The lowest BCUT2D eigenvalue weighted by Crippen LogP contribution is -2.40. The molecule has 1 fully saturated rings. The van der Waals surface area contributed by atoms with E-state index in [4.69, 9.17) is 5.73 Å². The number of nitrogens with one attached hydrogen (secondary N) is 1. The van der Waals surface area contributed by atoms with E-state index >= 15 is 0 Å². The largest absolute Gasteiger partial charge is 0.330 e. The third-order valence-corrected chi connectivity index (χ3v) is 5.10. The molecular formula is C19H24N4O4. The van der Waals surface area contributed by atoms with E-state index in [2.05, 4.69) is 5.32 Å². The van der Waals surface area contributed by atoms with Crippen molar-refractivity contribution in [2.45, 2.75) is 44.6 Å². The molecular weight excluding hydrogens is 348 g/mol. The topological polar surface area (TPSA) is 113 Å². The van der Waals surface area contributed by atoms with Crippen molar-refractivity contribution in [1.29, 1.82) is 0 Å². The number of fused-ring (bicyclic) bond motifs is 1. The fraction of sp³-hybridized carbons (Fsp3) is 0.474. The zero-order chi connectivity index (χ0) is 19.4. The summed E-state index contributed by atoms with van der Waals surface area (Å²) < 4.78 is 0. The Morgan fingerprint density at radius 1 is 1.19 bits per heavy atom. The van der Waals surface area contributed by atoms with Crippen LogP contribution in [0.5, 0.6) is 0 Å². The van der Waals surface area contributed by atoms with Crippen LogP contribution in [0.25, 0.3) is 0 Å². The number of hydrogen-bond acceptors (Lipinski definition) is 5. The Morgan fingerprint density at radius 3 is 2.56 bits per heavy atom. The summed E-state index contributed by atoms with van der Waals surface area (Å²) >= 11 is 0. The Kier molecular flexibility index (Phi) is 5.85. The van der Waals surface area contributed by atoms with Gasteiger partial charge in [0.1, 0.15) is 0 Å². The zero-order valence-corrected chi connectivity index (χ0v) is 15.1. The molecule has 0 saturated heterocycles. The molecule has 0 atom stereocenters. The number of anilines is 1. The smallest absolute Gasteiger partial charge is 0.328 e. The average molecular weight is 372 g/mol. The molecule has 1 aliphatic heterocycles. The summed E-state index contributed by atoms with van der Waals surface area (Å²) in [6.07, 6.45) is 5.78. The summed E-state index contributed by atoms with van der Waals surface area (Å²) in [5, 5.41) is 2.59. The lowest BCUT2D eigenvalue weighted by molar-refractivity contribution is -0.115. The second-order valence-electron chi connectivity index (χ2n) is 6.90. The molecule has 144 valence electrons. The number of hydrogen-bond donors (Lipinski definition) is 2. The molecule has 8 heteroatoms. The molecule has 1 saturated carbocycles. The number of carbonyl (C=O) groups excluding carboxylic acids is 4. The van der Waals surface area contributed by atoms with Gasteiger partial charge in [-0.2, -0.15) is 0 Å². The quantitative estimate of drug-likeness (QED) is 0.585. The number of benzene rings is 1. The predicted molar refractivity (Wildman–Crippen MR) is 99.3 cm³/mol. The number of nitrogens with two attached hydrogens (primary N) is 1. The van der Waals surface area contributed by atoms with Crippen molar-refractivity contribution in [3.8, 4) is 0 Å². The van der Waals surface area contributed by atoms with Crippen LogP contribution in [0.1, 0.15) is 59.2 Å². The molecule has 0 unspecified atom stereocenters. The summed E-state index contributed by atoms with van der Waals surface area (Å²) in [6, 6.07) is 3.98.